The Morgan fingerprint density at radius 1 is 1.47 bits per heavy atom. The zero-order valence-corrected chi connectivity index (χ0v) is 11.2. The van der Waals surface area contributed by atoms with E-state index in [0.29, 0.717) is 6.61 Å². The van der Waals surface area contributed by atoms with Gasteiger partial charge in [0.1, 0.15) is 17.2 Å². The number of benzene rings is 1. The van der Waals surface area contributed by atoms with Crippen molar-refractivity contribution >= 4 is 17.5 Å². The first-order chi connectivity index (χ1) is 9.04. The van der Waals surface area contributed by atoms with Gasteiger partial charge in [-0.25, -0.2) is 8.78 Å². The number of halogens is 3. The molecule has 2 atom stereocenters. The highest BCUT2D eigenvalue weighted by atomic mass is 35.5. The highest BCUT2D eigenvalue weighted by molar-refractivity contribution is 6.18. The van der Waals surface area contributed by atoms with E-state index in [1.807, 2.05) is 0 Å². The van der Waals surface area contributed by atoms with Crippen LogP contribution in [0.5, 0.6) is 0 Å². The van der Waals surface area contributed by atoms with Gasteiger partial charge in [0, 0.05) is 6.54 Å². The Hall–Kier alpha value is -1.20. The van der Waals surface area contributed by atoms with Gasteiger partial charge in [0.25, 0.3) is 5.91 Å². The van der Waals surface area contributed by atoms with Gasteiger partial charge in [0.2, 0.25) is 0 Å². The van der Waals surface area contributed by atoms with E-state index in [9.17, 15) is 13.6 Å². The van der Waals surface area contributed by atoms with Crippen molar-refractivity contribution in [3.05, 3.63) is 35.4 Å². The van der Waals surface area contributed by atoms with Gasteiger partial charge in [-0.15, -0.1) is 11.6 Å². The summed E-state index contributed by atoms with van der Waals surface area (Å²) in [6.07, 6.45) is -0.309. The van der Waals surface area contributed by atoms with Crippen LogP contribution in [0.1, 0.15) is 17.3 Å². The number of nitrogens with zero attached hydrogens (tertiary/aromatic N) is 1. The zero-order chi connectivity index (χ0) is 14.0. The van der Waals surface area contributed by atoms with Crippen molar-refractivity contribution in [1.29, 1.82) is 0 Å². The third-order valence-electron chi connectivity index (χ3n) is 3.12. The van der Waals surface area contributed by atoms with Crippen LogP contribution in [0, 0.1) is 11.6 Å². The molecule has 0 aromatic heterocycles. The Bertz CT molecular complexity index is 463. The minimum Gasteiger partial charge on any atom is -0.373 e. The summed E-state index contributed by atoms with van der Waals surface area (Å²) in [6, 6.07) is 3.12. The second-order valence-electron chi connectivity index (χ2n) is 4.51. The highest BCUT2D eigenvalue weighted by Gasteiger charge is 2.32. The Morgan fingerprint density at radius 2 is 2.11 bits per heavy atom. The van der Waals surface area contributed by atoms with E-state index in [2.05, 4.69) is 0 Å². The quantitative estimate of drug-likeness (QED) is 0.783. The van der Waals surface area contributed by atoms with Crippen molar-refractivity contribution in [2.75, 3.05) is 19.0 Å². The fourth-order valence-electron chi connectivity index (χ4n) is 2.04. The summed E-state index contributed by atoms with van der Waals surface area (Å²) in [7, 11) is 0. The maximum Gasteiger partial charge on any atom is 0.260 e. The molecule has 0 N–H and O–H groups in total. The molecule has 1 aliphatic heterocycles. The Morgan fingerprint density at radius 3 is 2.68 bits per heavy atom. The fourth-order valence-corrected chi connectivity index (χ4v) is 2.23. The van der Waals surface area contributed by atoms with Gasteiger partial charge in [-0.3, -0.25) is 4.79 Å². The van der Waals surface area contributed by atoms with Crippen LogP contribution in [0.3, 0.4) is 0 Å². The van der Waals surface area contributed by atoms with Crippen molar-refractivity contribution in [3.63, 3.8) is 0 Å². The van der Waals surface area contributed by atoms with E-state index >= 15 is 0 Å². The number of rotatable bonds is 2. The smallest absolute Gasteiger partial charge is 0.260 e. The van der Waals surface area contributed by atoms with Crippen molar-refractivity contribution in [2.24, 2.45) is 0 Å². The molecule has 0 spiro atoms. The lowest BCUT2D eigenvalue weighted by Gasteiger charge is -2.37. The van der Waals surface area contributed by atoms with Crippen molar-refractivity contribution in [3.8, 4) is 0 Å². The number of amides is 1. The molecule has 1 saturated heterocycles. The van der Waals surface area contributed by atoms with Gasteiger partial charge in [0.05, 0.1) is 24.6 Å². The first-order valence-electron chi connectivity index (χ1n) is 5.97. The number of carbonyl (C=O) groups excluding carboxylic acids is 1. The highest BCUT2D eigenvalue weighted by Crippen LogP contribution is 2.20. The van der Waals surface area contributed by atoms with E-state index in [4.69, 9.17) is 16.3 Å². The summed E-state index contributed by atoms with van der Waals surface area (Å²) in [4.78, 5) is 13.7. The Labute approximate surface area is 115 Å². The molecule has 104 valence electrons. The molecule has 0 radical (unpaired) electrons. The summed E-state index contributed by atoms with van der Waals surface area (Å²) < 4.78 is 32.6. The van der Waals surface area contributed by atoms with Crippen LogP contribution in [0.25, 0.3) is 0 Å². The molecule has 1 aromatic carbocycles. The van der Waals surface area contributed by atoms with Crippen LogP contribution >= 0.6 is 11.6 Å². The zero-order valence-electron chi connectivity index (χ0n) is 10.4. The van der Waals surface area contributed by atoms with E-state index in [1.54, 1.807) is 6.92 Å². The molecule has 0 aliphatic carbocycles. The normalized spacial score (nSPS) is 23.5. The van der Waals surface area contributed by atoms with Crippen LogP contribution in [0.2, 0.25) is 0 Å². The van der Waals surface area contributed by atoms with E-state index < -0.39 is 23.1 Å². The largest absolute Gasteiger partial charge is 0.373 e. The van der Waals surface area contributed by atoms with Crippen molar-refractivity contribution in [2.45, 2.75) is 19.1 Å². The Balaban J connectivity index is 2.27. The summed E-state index contributed by atoms with van der Waals surface area (Å²) in [5, 5.41) is 0. The van der Waals surface area contributed by atoms with Gasteiger partial charge in [-0.05, 0) is 19.1 Å². The third kappa shape index (κ3) is 2.87. The minimum absolute atomic E-state index is 0.232. The fraction of sp³-hybridized carbons (Fsp3) is 0.462. The van der Waals surface area contributed by atoms with Crippen LogP contribution in [0.4, 0.5) is 8.78 Å². The van der Waals surface area contributed by atoms with E-state index in [0.717, 1.165) is 12.1 Å². The Kier molecular flexibility index (Phi) is 4.37. The molecule has 2 rings (SSSR count). The first-order valence-corrected chi connectivity index (χ1v) is 6.50. The van der Waals surface area contributed by atoms with Crippen molar-refractivity contribution in [1.82, 2.24) is 4.90 Å². The number of ether oxygens (including phenoxy) is 1. The second-order valence-corrected chi connectivity index (χ2v) is 4.82. The first kappa shape index (κ1) is 14.2. The number of hydrogen-bond acceptors (Lipinski definition) is 2. The maximum atomic E-state index is 13.6. The number of carbonyl (C=O) groups is 1. The lowest BCUT2D eigenvalue weighted by molar-refractivity contribution is -0.0374. The molecule has 1 aromatic rings. The predicted octanol–water partition coefficient (Wildman–Crippen LogP) is 2.43. The summed E-state index contributed by atoms with van der Waals surface area (Å²) in [5.74, 6) is -2.14. The molecule has 2 unspecified atom stereocenters. The average Bonchev–Trinajstić information content (AvgIpc) is 2.39. The minimum atomic E-state index is -0.855. The molecule has 1 fully saturated rings. The van der Waals surface area contributed by atoms with Crippen LogP contribution in [-0.2, 0) is 4.74 Å². The van der Waals surface area contributed by atoms with Gasteiger partial charge in [0.15, 0.2) is 0 Å². The van der Waals surface area contributed by atoms with E-state index in [-0.39, 0.29) is 24.6 Å². The molecule has 0 saturated carbocycles. The summed E-state index contributed by atoms with van der Waals surface area (Å²) >= 11 is 5.70. The lowest BCUT2D eigenvalue weighted by Crippen LogP contribution is -2.51. The molecular weight excluding hydrogens is 276 g/mol. The number of hydrogen-bond donors (Lipinski definition) is 0. The van der Waals surface area contributed by atoms with E-state index in [1.165, 1.54) is 11.0 Å². The number of morpholine rings is 1. The lowest BCUT2D eigenvalue weighted by atomic mass is 10.1. The maximum absolute atomic E-state index is 13.6. The topological polar surface area (TPSA) is 29.5 Å². The molecule has 1 heterocycles. The standard InChI is InChI=1S/C13H14ClF2NO2/c1-8-7-19-9(5-14)6-17(8)13(18)12-10(15)3-2-4-11(12)16/h2-4,8-9H,5-7H2,1H3. The third-order valence-corrected chi connectivity index (χ3v) is 3.46. The molecule has 3 nitrogen and oxygen atoms in total. The van der Waals surface area contributed by atoms with Crippen LogP contribution in [0.15, 0.2) is 18.2 Å². The van der Waals surface area contributed by atoms with Crippen molar-refractivity contribution < 1.29 is 18.3 Å². The van der Waals surface area contributed by atoms with Gasteiger partial charge in [-0.2, -0.15) is 0 Å². The van der Waals surface area contributed by atoms with Gasteiger partial charge < -0.3 is 9.64 Å². The number of alkyl halides is 1. The van der Waals surface area contributed by atoms with Crippen LogP contribution in [-0.4, -0.2) is 42.0 Å². The SMILES string of the molecule is CC1COC(CCl)CN1C(=O)c1c(F)cccc1F. The predicted molar refractivity (Wildman–Crippen MR) is 67.3 cm³/mol. The average molecular weight is 290 g/mol. The van der Waals surface area contributed by atoms with Gasteiger partial charge >= 0.3 is 0 Å². The van der Waals surface area contributed by atoms with Gasteiger partial charge in [-0.1, -0.05) is 6.07 Å². The summed E-state index contributed by atoms with van der Waals surface area (Å²) in [5.41, 5.74) is -0.524. The summed E-state index contributed by atoms with van der Waals surface area (Å²) in [6.45, 7) is 2.30. The molecule has 6 heteroatoms. The molecule has 1 amide bonds. The van der Waals surface area contributed by atoms with Crippen LogP contribution < -0.4 is 0 Å². The monoisotopic (exact) mass is 289 g/mol. The molecule has 1 aliphatic rings. The molecule has 19 heavy (non-hydrogen) atoms. The molecule has 0 bridgehead atoms. The molecular formula is C13H14ClF2NO2. The second kappa shape index (κ2) is 5.84.